The van der Waals surface area contributed by atoms with Crippen molar-refractivity contribution in [3.05, 3.63) is 29.6 Å². The molecule has 94 valence electrons. The highest BCUT2D eigenvalue weighted by Gasteiger charge is 2.16. The molecular formula is C14H16ClN3. The summed E-state index contributed by atoms with van der Waals surface area (Å²) in [7, 11) is 0. The molecule has 0 aliphatic heterocycles. The normalized spacial score (nSPS) is 12.6. The maximum Gasteiger partial charge on any atom is 0.125 e. The van der Waals surface area contributed by atoms with Crippen LogP contribution in [-0.2, 0) is 5.88 Å². The van der Waals surface area contributed by atoms with Crippen LogP contribution < -0.4 is 0 Å². The van der Waals surface area contributed by atoms with Gasteiger partial charge in [0, 0.05) is 6.04 Å². The quantitative estimate of drug-likeness (QED) is 0.781. The fourth-order valence-corrected chi connectivity index (χ4v) is 2.58. The van der Waals surface area contributed by atoms with E-state index in [1.165, 1.54) is 0 Å². The van der Waals surface area contributed by atoms with Crippen molar-refractivity contribution < 1.29 is 0 Å². The second-order valence-electron chi connectivity index (χ2n) is 4.45. The molecule has 4 heteroatoms. The molecule has 0 radical (unpaired) electrons. The Hall–Kier alpha value is -1.53. The zero-order chi connectivity index (χ0) is 13.1. The van der Waals surface area contributed by atoms with Crippen LogP contribution >= 0.6 is 11.6 Å². The highest BCUT2D eigenvalue weighted by atomic mass is 35.5. The minimum absolute atomic E-state index is 0.350. The molecule has 0 spiro atoms. The summed E-state index contributed by atoms with van der Waals surface area (Å²) in [5, 5.41) is 9.12. The molecule has 1 aromatic heterocycles. The van der Waals surface area contributed by atoms with Crippen LogP contribution in [0.2, 0.25) is 0 Å². The van der Waals surface area contributed by atoms with E-state index in [1.807, 2.05) is 12.1 Å². The molecule has 2 aromatic rings. The van der Waals surface area contributed by atoms with E-state index in [-0.39, 0.29) is 0 Å². The Balaban J connectivity index is 2.67. The molecule has 18 heavy (non-hydrogen) atoms. The summed E-state index contributed by atoms with van der Waals surface area (Å²) in [4.78, 5) is 4.51. The number of hydrogen-bond acceptors (Lipinski definition) is 2. The lowest BCUT2D eigenvalue weighted by Gasteiger charge is -2.16. The number of hydrogen-bond donors (Lipinski definition) is 0. The molecular weight excluding hydrogens is 246 g/mol. The standard InChI is InChI=1S/C14H16ClN3/c1-3-5-10(2)18-12-7-4-6-11(9-16)14(12)17-13(18)8-15/h4,6-7,10H,3,5,8H2,1-2H3. The minimum atomic E-state index is 0.350. The van der Waals surface area contributed by atoms with Crippen molar-refractivity contribution in [2.45, 2.75) is 38.6 Å². The predicted molar refractivity (Wildman–Crippen MR) is 73.6 cm³/mol. The van der Waals surface area contributed by atoms with Crippen LogP contribution in [0.5, 0.6) is 0 Å². The summed E-state index contributed by atoms with van der Waals surface area (Å²) < 4.78 is 2.16. The van der Waals surface area contributed by atoms with Crippen molar-refractivity contribution in [3.63, 3.8) is 0 Å². The van der Waals surface area contributed by atoms with Gasteiger partial charge in [0.05, 0.1) is 17.0 Å². The van der Waals surface area contributed by atoms with Crippen molar-refractivity contribution in [1.29, 1.82) is 5.26 Å². The number of rotatable bonds is 4. The second kappa shape index (κ2) is 5.41. The monoisotopic (exact) mass is 261 g/mol. The third kappa shape index (κ3) is 2.09. The highest BCUT2D eigenvalue weighted by Crippen LogP contribution is 2.26. The van der Waals surface area contributed by atoms with Crippen LogP contribution in [0, 0.1) is 11.3 Å². The summed E-state index contributed by atoms with van der Waals surface area (Å²) >= 11 is 5.98. The van der Waals surface area contributed by atoms with Crippen LogP contribution in [0.25, 0.3) is 11.0 Å². The van der Waals surface area contributed by atoms with Gasteiger partial charge in [-0.3, -0.25) is 0 Å². The number of alkyl halides is 1. The molecule has 0 aliphatic carbocycles. The fraction of sp³-hybridized carbons (Fsp3) is 0.429. The van der Waals surface area contributed by atoms with E-state index in [0.29, 0.717) is 17.5 Å². The zero-order valence-corrected chi connectivity index (χ0v) is 11.4. The van der Waals surface area contributed by atoms with Crippen LogP contribution in [0.4, 0.5) is 0 Å². The van der Waals surface area contributed by atoms with Crippen molar-refractivity contribution in [2.24, 2.45) is 0 Å². The van der Waals surface area contributed by atoms with E-state index >= 15 is 0 Å². The van der Waals surface area contributed by atoms with Crippen molar-refractivity contribution in [1.82, 2.24) is 9.55 Å². The van der Waals surface area contributed by atoms with E-state index in [9.17, 15) is 0 Å². The topological polar surface area (TPSA) is 41.6 Å². The summed E-state index contributed by atoms with van der Waals surface area (Å²) in [5.41, 5.74) is 2.38. The molecule has 1 unspecified atom stereocenters. The maximum absolute atomic E-state index is 9.12. The van der Waals surface area contributed by atoms with E-state index in [2.05, 4.69) is 29.5 Å². The van der Waals surface area contributed by atoms with Gasteiger partial charge in [-0.2, -0.15) is 5.26 Å². The molecule has 2 rings (SSSR count). The summed E-state index contributed by atoms with van der Waals surface area (Å²) in [6, 6.07) is 8.23. The molecule has 1 aromatic carbocycles. The molecule has 0 amide bonds. The number of benzene rings is 1. The Kier molecular flexibility index (Phi) is 3.88. The first-order valence-corrected chi connectivity index (χ1v) is 6.72. The van der Waals surface area contributed by atoms with Gasteiger partial charge in [0.15, 0.2) is 0 Å². The van der Waals surface area contributed by atoms with E-state index in [4.69, 9.17) is 16.9 Å². The lowest BCUT2D eigenvalue weighted by molar-refractivity contribution is 0.500. The summed E-state index contributed by atoms with van der Waals surface area (Å²) in [5.74, 6) is 1.21. The maximum atomic E-state index is 9.12. The number of halogens is 1. The van der Waals surface area contributed by atoms with Crippen LogP contribution in [-0.4, -0.2) is 9.55 Å². The highest BCUT2D eigenvalue weighted by molar-refractivity contribution is 6.16. The molecule has 1 atom stereocenters. The third-order valence-corrected chi connectivity index (χ3v) is 3.42. The van der Waals surface area contributed by atoms with Gasteiger partial charge in [-0.05, 0) is 25.5 Å². The third-order valence-electron chi connectivity index (χ3n) is 3.18. The largest absolute Gasteiger partial charge is 0.324 e. The van der Waals surface area contributed by atoms with Gasteiger partial charge < -0.3 is 4.57 Å². The van der Waals surface area contributed by atoms with Crippen LogP contribution in [0.1, 0.15) is 44.1 Å². The SMILES string of the molecule is CCCC(C)n1c(CCl)nc2c(C#N)cccc21. The molecule has 0 aliphatic rings. The number of fused-ring (bicyclic) bond motifs is 1. The van der Waals surface area contributed by atoms with Gasteiger partial charge in [0.25, 0.3) is 0 Å². The Morgan fingerprint density at radius 1 is 1.50 bits per heavy atom. The summed E-state index contributed by atoms with van der Waals surface area (Å²) in [6.45, 7) is 4.33. The average molecular weight is 262 g/mol. The first-order chi connectivity index (χ1) is 8.72. The predicted octanol–water partition coefficient (Wildman–Crippen LogP) is 4.01. The Morgan fingerprint density at radius 3 is 2.89 bits per heavy atom. The lowest BCUT2D eigenvalue weighted by Crippen LogP contribution is -2.08. The lowest BCUT2D eigenvalue weighted by atomic mass is 10.1. The Bertz CT molecular complexity index is 595. The number of imidazole rings is 1. The molecule has 0 fully saturated rings. The van der Waals surface area contributed by atoms with E-state index < -0.39 is 0 Å². The fourth-order valence-electron chi connectivity index (χ4n) is 2.39. The van der Waals surface area contributed by atoms with E-state index in [1.54, 1.807) is 6.07 Å². The number of para-hydroxylation sites is 1. The second-order valence-corrected chi connectivity index (χ2v) is 4.72. The van der Waals surface area contributed by atoms with Crippen molar-refractivity contribution >= 4 is 22.6 Å². The zero-order valence-electron chi connectivity index (χ0n) is 10.7. The van der Waals surface area contributed by atoms with Gasteiger partial charge in [-0.25, -0.2) is 4.98 Å². The molecule has 3 nitrogen and oxygen atoms in total. The van der Waals surface area contributed by atoms with Gasteiger partial charge in [-0.1, -0.05) is 19.4 Å². The van der Waals surface area contributed by atoms with Gasteiger partial charge in [-0.15, -0.1) is 11.6 Å². The van der Waals surface area contributed by atoms with Crippen molar-refractivity contribution in [2.75, 3.05) is 0 Å². The first-order valence-electron chi connectivity index (χ1n) is 6.18. The Morgan fingerprint density at radius 2 is 2.28 bits per heavy atom. The van der Waals surface area contributed by atoms with Gasteiger partial charge >= 0.3 is 0 Å². The van der Waals surface area contributed by atoms with Crippen LogP contribution in [0.3, 0.4) is 0 Å². The number of nitrogens with zero attached hydrogens (tertiary/aromatic N) is 3. The molecule has 1 heterocycles. The average Bonchev–Trinajstić information content (AvgIpc) is 2.77. The van der Waals surface area contributed by atoms with Gasteiger partial charge in [0.2, 0.25) is 0 Å². The number of aromatic nitrogens is 2. The summed E-state index contributed by atoms with van der Waals surface area (Å²) in [6.07, 6.45) is 2.19. The van der Waals surface area contributed by atoms with Crippen molar-refractivity contribution in [3.8, 4) is 6.07 Å². The Labute approximate surface area is 112 Å². The molecule has 0 saturated carbocycles. The smallest absolute Gasteiger partial charge is 0.125 e. The van der Waals surface area contributed by atoms with Crippen LogP contribution in [0.15, 0.2) is 18.2 Å². The molecule has 0 bridgehead atoms. The van der Waals surface area contributed by atoms with Gasteiger partial charge in [0.1, 0.15) is 17.4 Å². The molecule has 0 saturated heterocycles. The van der Waals surface area contributed by atoms with E-state index in [0.717, 1.165) is 29.7 Å². The first kappa shape index (κ1) is 12.9. The molecule has 0 N–H and O–H groups in total. The number of nitriles is 1. The minimum Gasteiger partial charge on any atom is -0.324 e.